The van der Waals surface area contributed by atoms with Gasteiger partial charge in [0.2, 0.25) is 0 Å². The Hall–Kier alpha value is -2.41. The van der Waals surface area contributed by atoms with Gasteiger partial charge in [-0.2, -0.15) is 0 Å². The summed E-state index contributed by atoms with van der Waals surface area (Å²) < 4.78 is 24.2. The third-order valence-electron chi connectivity index (χ3n) is 3.79. The standard InChI is InChI=1S/C18H23N3O3S/c1-13(2)25(23,24)16-8-6-15(7-9-16)18(22)20-12-14-5-10-17(19-11-14)21(3)4/h5-11,13H,12H2,1-4H3,(H,20,22). The van der Waals surface area contributed by atoms with Crippen molar-refractivity contribution in [2.75, 3.05) is 19.0 Å². The van der Waals surface area contributed by atoms with Crippen LogP contribution in [-0.2, 0) is 16.4 Å². The van der Waals surface area contributed by atoms with Crippen molar-refractivity contribution >= 4 is 21.6 Å². The van der Waals surface area contributed by atoms with Crippen molar-refractivity contribution in [2.24, 2.45) is 0 Å². The van der Waals surface area contributed by atoms with Gasteiger partial charge in [0.05, 0.1) is 10.1 Å². The summed E-state index contributed by atoms with van der Waals surface area (Å²) in [6.07, 6.45) is 1.72. The van der Waals surface area contributed by atoms with Crippen LogP contribution in [0.4, 0.5) is 5.82 Å². The Morgan fingerprint density at radius 2 is 1.76 bits per heavy atom. The van der Waals surface area contributed by atoms with E-state index < -0.39 is 15.1 Å². The summed E-state index contributed by atoms with van der Waals surface area (Å²) in [5.41, 5.74) is 1.30. The number of hydrogen-bond acceptors (Lipinski definition) is 5. The molecule has 0 radical (unpaired) electrons. The third kappa shape index (κ3) is 4.57. The first-order valence-corrected chi connectivity index (χ1v) is 9.51. The van der Waals surface area contributed by atoms with E-state index >= 15 is 0 Å². The molecule has 0 spiro atoms. The molecule has 0 aliphatic heterocycles. The lowest BCUT2D eigenvalue weighted by atomic mass is 10.2. The molecular formula is C18H23N3O3S. The molecule has 0 aliphatic rings. The first-order chi connectivity index (χ1) is 11.7. The number of pyridine rings is 1. The van der Waals surface area contributed by atoms with Crippen molar-refractivity contribution in [3.63, 3.8) is 0 Å². The quantitative estimate of drug-likeness (QED) is 0.854. The molecule has 1 aromatic carbocycles. The van der Waals surface area contributed by atoms with E-state index in [1.165, 1.54) is 24.3 Å². The molecule has 134 valence electrons. The van der Waals surface area contributed by atoms with Gasteiger partial charge in [0.25, 0.3) is 5.91 Å². The average Bonchev–Trinajstić information content (AvgIpc) is 2.60. The highest BCUT2D eigenvalue weighted by Gasteiger charge is 2.19. The fourth-order valence-electron chi connectivity index (χ4n) is 2.14. The molecule has 0 unspecified atom stereocenters. The number of rotatable bonds is 6. The van der Waals surface area contributed by atoms with Gasteiger partial charge in [-0.15, -0.1) is 0 Å². The monoisotopic (exact) mass is 361 g/mol. The molecule has 0 fully saturated rings. The number of sulfone groups is 1. The molecule has 1 N–H and O–H groups in total. The number of anilines is 1. The summed E-state index contributed by atoms with van der Waals surface area (Å²) in [5, 5.41) is 2.31. The molecule has 0 aliphatic carbocycles. The van der Waals surface area contributed by atoms with E-state index in [0.29, 0.717) is 12.1 Å². The number of amides is 1. The lowest BCUT2D eigenvalue weighted by Gasteiger charge is -2.12. The van der Waals surface area contributed by atoms with Crippen LogP contribution in [0.25, 0.3) is 0 Å². The molecule has 0 bridgehead atoms. The number of hydrogen-bond donors (Lipinski definition) is 1. The molecule has 7 heteroatoms. The predicted molar refractivity (Wildman–Crippen MR) is 98.5 cm³/mol. The van der Waals surface area contributed by atoms with Crippen molar-refractivity contribution < 1.29 is 13.2 Å². The maximum absolute atomic E-state index is 12.2. The van der Waals surface area contributed by atoms with Gasteiger partial charge < -0.3 is 10.2 Å². The van der Waals surface area contributed by atoms with Crippen LogP contribution < -0.4 is 10.2 Å². The molecule has 2 rings (SSSR count). The van der Waals surface area contributed by atoms with Crippen molar-refractivity contribution in [3.8, 4) is 0 Å². The van der Waals surface area contributed by atoms with E-state index in [-0.39, 0.29) is 10.8 Å². The smallest absolute Gasteiger partial charge is 0.251 e. The minimum absolute atomic E-state index is 0.225. The lowest BCUT2D eigenvalue weighted by Crippen LogP contribution is -2.23. The Bertz CT molecular complexity index is 827. The molecule has 2 aromatic rings. The summed E-state index contributed by atoms with van der Waals surface area (Å²) in [6, 6.07) is 9.78. The number of carbonyl (C=O) groups excluding carboxylic acids is 1. The minimum atomic E-state index is -3.33. The van der Waals surface area contributed by atoms with Crippen molar-refractivity contribution in [3.05, 3.63) is 53.7 Å². The number of nitrogens with one attached hydrogen (secondary N) is 1. The largest absolute Gasteiger partial charge is 0.363 e. The van der Waals surface area contributed by atoms with E-state index in [2.05, 4.69) is 10.3 Å². The topological polar surface area (TPSA) is 79.4 Å². The highest BCUT2D eigenvalue weighted by atomic mass is 32.2. The second-order valence-corrected chi connectivity index (χ2v) is 8.72. The van der Waals surface area contributed by atoms with Crippen LogP contribution in [0.2, 0.25) is 0 Å². The molecule has 1 aromatic heterocycles. The average molecular weight is 361 g/mol. The second kappa shape index (κ2) is 7.65. The Morgan fingerprint density at radius 1 is 1.12 bits per heavy atom. The van der Waals surface area contributed by atoms with Crippen LogP contribution in [0.1, 0.15) is 29.8 Å². The summed E-state index contributed by atoms with van der Waals surface area (Å²) >= 11 is 0. The van der Waals surface area contributed by atoms with Crippen LogP contribution in [-0.4, -0.2) is 38.7 Å². The Labute approximate surface area is 148 Å². The first-order valence-electron chi connectivity index (χ1n) is 7.96. The van der Waals surface area contributed by atoms with Gasteiger partial charge in [-0.05, 0) is 49.7 Å². The first kappa shape index (κ1) is 18.9. The zero-order chi connectivity index (χ0) is 18.6. The molecule has 0 atom stereocenters. The molecule has 0 saturated heterocycles. The van der Waals surface area contributed by atoms with E-state index in [1.54, 1.807) is 20.0 Å². The van der Waals surface area contributed by atoms with E-state index in [1.807, 2.05) is 31.1 Å². The van der Waals surface area contributed by atoms with Gasteiger partial charge in [-0.1, -0.05) is 6.07 Å². The van der Waals surface area contributed by atoms with E-state index in [4.69, 9.17) is 0 Å². The highest BCUT2D eigenvalue weighted by molar-refractivity contribution is 7.92. The molecule has 1 heterocycles. The van der Waals surface area contributed by atoms with Crippen LogP contribution >= 0.6 is 0 Å². The van der Waals surface area contributed by atoms with Gasteiger partial charge in [0.15, 0.2) is 9.84 Å². The van der Waals surface area contributed by atoms with Crippen LogP contribution in [0.3, 0.4) is 0 Å². The molecule has 6 nitrogen and oxygen atoms in total. The summed E-state index contributed by atoms with van der Waals surface area (Å²) in [7, 11) is 0.490. The number of carbonyl (C=O) groups is 1. The Balaban J connectivity index is 2.01. The SMILES string of the molecule is CC(C)S(=O)(=O)c1ccc(C(=O)NCc2ccc(N(C)C)nc2)cc1. The van der Waals surface area contributed by atoms with Gasteiger partial charge in [0.1, 0.15) is 5.82 Å². The maximum Gasteiger partial charge on any atom is 0.251 e. The lowest BCUT2D eigenvalue weighted by molar-refractivity contribution is 0.0951. The van der Waals surface area contributed by atoms with Crippen LogP contribution in [0.15, 0.2) is 47.5 Å². The summed E-state index contributed by atoms with van der Waals surface area (Å²) in [4.78, 5) is 18.6. The Morgan fingerprint density at radius 3 is 2.24 bits per heavy atom. The van der Waals surface area contributed by atoms with Crippen molar-refractivity contribution in [1.29, 1.82) is 0 Å². The fraction of sp³-hybridized carbons (Fsp3) is 0.333. The van der Waals surface area contributed by atoms with Gasteiger partial charge in [0, 0.05) is 32.4 Å². The minimum Gasteiger partial charge on any atom is -0.363 e. The molecule has 0 saturated carbocycles. The van der Waals surface area contributed by atoms with Crippen LogP contribution in [0.5, 0.6) is 0 Å². The maximum atomic E-state index is 12.2. The van der Waals surface area contributed by atoms with Crippen molar-refractivity contribution in [2.45, 2.75) is 30.5 Å². The van der Waals surface area contributed by atoms with E-state index in [0.717, 1.165) is 11.4 Å². The number of nitrogens with zero attached hydrogens (tertiary/aromatic N) is 2. The Kier molecular flexibility index (Phi) is 5.79. The predicted octanol–water partition coefficient (Wildman–Crippen LogP) is 2.26. The van der Waals surface area contributed by atoms with Gasteiger partial charge in [-0.25, -0.2) is 13.4 Å². The van der Waals surface area contributed by atoms with Crippen LogP contribution in [0, 0.1) is 0 Å². The zero-order valence-corrected chi connectivity index (χ0v) is 15.7. The van der Waals surface area contributed by atoms with Gasteiger partial charge in [-0.3, -0.25) is 4.79 Å². The molecule has 25 heavy (non-hydrogen) atoms. The number of aromatic nitrogens is 1. The normalized spacial score (nSPS) is 11.4. The highest BCUT2D eigenvalue weighted by Crippen LogP contribution is 2.16. The van der Waals surface area contributed by atoms with Crippen molar-refractivity contribution in [1.82, 2.24) is 10.3 Å². The number of benzene rings is 1. The second-order valence-electron chi connectivity index (χ2n) is 6.22. The third-order valence-corrected chi connectivity index (χ3v) is 5.96. The zero-order valence-electron chi connectivity index (χ0n) is 14.9. The molecular weight excluding hydrogens is 338 g/mol. The fourth-order valence-corrected chi connectivity index (χ4v) is 3.20. The summed E-state index contributed by atoms with van der Waals surface area (Å²) in [5.74, 6) is 0.585. The summed E-state index contributed by atoms with van der Waals surface area (Å²) in [6.45, 7) is 3.61. The van der Waals surface area contributed by atoms with Gasteiger partial charge >= 0.3 is 0 Å². The molecule has 1 amide bonds. The van der Waals surface area contributed by atoms with E-state index in [9.17, 15) is 13.2 Å².